The number of benzene rings is 2. The molecule has 0 unspecified atom stereocenters. The number of nitro benzene ring substituents is 1. The molecule has 166 valence electrons. The van der Waals surface area contributed by atoms with E-state index < -0.39 is 4.92 Å². The molecule has 0 radical (unpaired) electrons. The van der Waals surface area contributed by atoms with Crippen molar-refractivity contribution >= 4 is 29.0 Å². The number of pyridine rings is 1. The first-order chi connectivity index (χ1) is 16.0. The van der Waals surface area contributed by atoms with Crippen LogP contribution in [-0.4, -0.2) is 43.4 Å². The molecule has 11 heteroatoms. The summed E-state index contributed by atoms with van der Waals surface area (Å²) in [5.41, 5.74) is 1.88. The molecule has 0 aliphatic heterocycles. The van der Waals surface area contributed by atoms with Crippen molar-refractivity contribution in [1.82, 2.24) is 19.7 Å². The van der Waals surface area contributed by atoms with Gasteiger partial charge in [0.2, 0.25) is 5.91 Å². The Morgan fingerprint density at radius 1 is 1.12 bits per heavy atom. The fraction of sp³-hybridized carbons (Fsp3) is 0.0909. The predicted molar refractivity (Wildman–Crippen MR) is 124 cm³/mol. The van der Waals surface area contributed by atoms with Gasteiger partial charge in [-0.3, -0.25) is 24.5 Å². The molecule has 4 aromatic rings. The lowest BCUT2D eigenvalue weighted by molar-refractivity contribution is -0.384. The number of hydrogen-bond acceptors (Lipinski definition) is 8. The summed E-state index contributed by atoms with van der Waals surface area (Å²) in [6.07, 6.45) is 3.34. The average molecular weight is 462 g/mol. The van der Waals surface area contributed by atoms with E-state index in [2.05, 4.69) is 20.5 Å². The van der Waals surface area contributed by atoms with Crippen molar-refractivity contribution in [3.63, 3.8) is 0 Å². The summed E-state index contributed by atoms with van der Waals surface area (Å²) >= 11 is 1.20. The molecule has 4 rings (SSSR count). The zero-order chi connectivity index (χ0) is 23.2. The van der Waals surface area contributed by atoms with Crippen molar-refractivity contribution in [2.75, 3.05) is 18.2 Å². The molecule has 0 aliphatic rings. The Bertz CT molecular complexity index is 1280. The molecule has 10 nitrogen and oxygen atoms in total. The number of carbonyl (C=O) groups excluding carboxylic acids is 1. The highest BCUT2D eigenvalue weighted by molar-refractivity contribution is 7.99. The number of nitrogens with one attached hydrogen (secondary N) is 1. The molecule has 0 bridgehead atoms. The van der Waals surface area contributed by atoms with Crippen molar-refractivity contribution in [2.45, 2.75) is 5.16 Å². The van der Waals surface area contributed by atoms with Crippen molar-refractivity contribution in [1.29, 1.82) is 0 Å². The number of rotatable bonds is 8. The van der Waals surface area contributed by atoms with Gasteiger partial charge in [0, 0.05) is 41.5 Å². The minimum atomic E-state index is -0.512. The lowest BCUT2D eigenvalue weighted by Gasteiger charge is -2.11. The van der Waals surface area contributed by atoms with E-state index in [0.29, 0.717) is 22.4 Å². The number of amides is 1. The molecule has 0 saturated heterocycles. The second-order valence-electron chi connectivity index (χ2n) is 6.72. The summed E-state index contributed by atoms with van der Waals surface area (Å²) in [6, 6.07) is 16.8. The normalized spacial score (nSPS) is 10.6. The van der Waals surface area contributed by atoms with E-state index >= 15 is 0 Å². The summed E-state index contributed by atoms with van der Waals surface area (Å²) in [4.78, 5) is 27.0. The van der Waals surface area contributed by atoms with Crippen LogP contribution in [0.5, 0.6) is 5.75 Å². The van der Waals surface area contributed by atoms with Crippen molar-refractivity contribution in [3.8, 4) is 22.8 Å². The number of thioether (sulfide) groups is 1. The minimum absolute atomic E-state index is 0.0350. The number of hydrogen-bond donors (Lipinski definition) is 1. The van der Waals surface area contributed by atoms with E-state index in [0.717, 1.165) is 11.3 Å². The molecule has 0 saturated carbocycles. The Morgan fingerprint density at radius 2 is 1.88 bits per heavy atom. The standard InChI is InChI=1S/C22H18N6O4S/c1-32-19-7-5-17(6-8-19)27-21(15-9-11-23-12-10-15)25-26-22(27)33-14-20(29)24-16-3-2-4-18(13-16)28(30)31/h2-13H,14H2,1H3,(H,24,29). The van der Waals surface area contributed by atoms with Crippen LogP contribution in [0.1, 0.15) is 0 Å². The Balaban J connectivity index is 1.57. The summed E-state index contributed by atoms with van der Waals surface area (Å²) in [6.45, 7) is 0. The molecule has 1 amide bonds. The number of carbonyl (C=O) groups is 1. The highest BCUT2D eigenvalue weighted by Gasteiger charge is 2.18. The predicted octanol–water partition coefficient (Wildman–Crippen LogP) is 3.98. The number of ether oxygens (including phenoxy) is 1. The third-order valence-corrected chi connectivity index (χ3v) is 5.50. The first-order valence-electron chi connectivity index (χ1n) is 9.72. The molecule has 2 heterocycles. The van der Waals surface area contributed by atoms with Gasteiger partial charge in [0.25, 0.3) is 5.69 Å². The Hall–Kier alpha value is -4.25. The first-order valence-corrected chi connectivity index (χ1v) is 10.7. The fourth-order valence-electron chi connectivity index (χ4n) is 3.04. The third-order valence-electron chi connectivity index (χ3n) is 4.58. The topological polar surface area (TPSA) is 125 Å². The van der Waals surface area contributed by atoms with Crippen LogP contribution >= 0.6 is 11.8 Å². The number of aromatic nitrogens is 4. The summed E-state index contributed by atoms with van der Waals surface area (Å²) < 4.78 is 7.09. The van der Waals surface area contributed by atoms with Gasteiger partial charge in [0.05, 0.1) is 17.8 Å². The van der Waals surface area contributed by atoms with Crippen molar-refractivity contribution in [3.05, 3.63) is 83.2 Å². The average Bonchev–Trinajstić information content (AvgIpc) is 3.27. The Morgan fingerprint density at radius 3 is 2.58 bits per heavy atom. The van der Waals surface area contributed by atoms with Gasteiger partial charge in [0.1, 0.15) is 5.75 Å². The summed E-state index contributed by atoms with van der Waals surface area (Å²) in [5, 5.41) is 22.7. The van der Waals surface area contributed by atoms with Gasteiger partial charge in [0.15, 0.2) is 11.0 Å². The smallest absolute Gasteiger partial charge is 0.271 e. The SMILES string of the molecule is COc1ccc(-n2c(SCC(=O)Nc3cccc([N+](=O)[O-])c3)nnc2-c2ccncc2)cc1. The van der Waals surface area contributed by atoms with E-state index in [4.69, 9.17) is 4.74 Å². The van der Waals surface area contributed by atoms with Crippen molar-refractivity contribution < 1.29 is 14.5 Å². The lowest BCUT2D eigenvalue weighted by Crippen LogP contribution is -2.14. The van der Waals surface area contributed by atoms with E-state index in [9.17, 15) is 14.9 Å². The summed E-state index contributed by atoms with van der Waals surface area (Å²) in [5.74, 6) is 1.02. The van der Waals surface area contributed by atoms with E-state index in [-0.39, 0.29) is 17.3 Å². The highest BCUT2D eigenvalue weighted by Crippen LogP contribution is 2.29. The van der Waals surface area contributed by atoms with Crippen LogP contribution < -0.4 is 10.1 Å². The van der Waals surface area contributed by atoms with Gasteiger partial charge in [-0.25, -0.2) is 0 Å². The molecule has 0 spiro atoms. The maximum atomic E-state index is 12.5. The zero-order valence-electron chi connectivity index (χ0n) is 17.4. The maximum absolute atomic E-state index is 12.5. The lowest BCUT2D eigenvalue weighted by atomic mass is 10.2. The molecular weight excluding hydrogens is 444 g/mol. The quantitative estimate of drug-likeness (QED) is 0.237. The number of nitro groups is 1. The van der Waals surface area contributed by atoms with E-state index in [1.54, 1.807) is 25.6 Å². The van der Waals surface area contributed by atoms with Gasteiger partial charge in [-0.2, -0.15) is 0 Å². The van der Waals surface area contributed by atoms with Crippen LogP contribution in [0.15, 0.2) is 78.2 Å². The number of non-ortho nitro benzene ring substituents is 1. The largest absolute Gasteiger partial charge is 0.497 e. The van der Waals surface area contributed by atoms with Crippen LogP contribution in [0.2, 0.25) is 0 Å². The number of methoxy groups -OCH3 is 1. The van der Waals surface area contributed by atoms with E-state index in [1.165, 1.54) is 30.0 Å². The highest BCUT2D eigenvalue weighted by atomic mass is 32.2. The first kappa shape index (κ1) is 22.0. The second kappa shape index (κ2) is 9.92. The van der Waals surface area contributed by atoms with Gasteiger partial charge < -0.3 is 10.1 Å². The van der Waals surface area contributed by atoms with Gasteiger partial charge >= 0.3 is 0 Å². The fourth-order valence-corrected chi connectivity index (χ4v) is 3.79. The maximum Gasteiger partial charge on any atom is 0.271 e. The molecule has 2 aromatic carbocycles. The third kappa shape index (κ3) is 5.15. The minimum Gasteiger partial charge on any atom is -0.497 e. The van der Waals surface area contributed by atoms with Gasteiger partial charge in [-0.1, -0.05) is 17.8 Å². The molecule has 0 atom stereocenters. The van der Waals surface area contributed by atoms with Crippen LogP contribution in [0.4, 0.5) is 11.4 Å². The molecule has 0 fully saturated rings. The molecular formula is C22H18N6O4S. The van der Waals surface area contributed by atoms with Gasteiger partial charge in [-0.15, -0.1) is 10.2 Å². The van der Waals surface area contributed by atoms with Gasteiger partial charge in [-0.05, 0) is 42.5 Å². The Kier molecular flexibility index (Phi) is 6.60. The Labute approximate surface area is 192 Å². The number of nitrogens with zero attached hydrogens (tertiary/aromatic N) is 5. The molecule has 0 aliphatic carbocycles. The molecule has 2 aromatic heterocycles. The van der Waals surface area contributed by atoms with Crippen LogP contribution in [0.3, 0.4) is 0 Å². The molecule has 1 N–H and O–H groups in total. The van der Waals surface area contributed by atoms with Crippen LogP contribution in [0.25, 0.3) is 17.1 Å². The molecule has 33 heavy (non-hydrogen) atoms. The number of anilines is 1. The van der Waals surface area contributed by atoms with E-state index in [1.807, 2.05) is 41.0 Å². The zero-order valence-corrected chi connectivity index (χ0v) is 18.2. The van der Waals surface area contributed by atoms with Crippen molar-refractivity contribution in [2.24, 2.45) is 0 Å². The summed E-state index contributed by atoms with van der Waals surface area (Å²) in [7, 11) is 1.59. The second-order valence-corrected chi connectivity index (χ2v) is 7.66. The monoisotopic (exact) mass is 462 g/mol. The van der Waals surface area contributed by atoms with Crippen LogP contribution in [-0.2, 0) is 4.79 Å². The van der Waals surface area contributed by atoms with Crippen LogP contribution in [0, 0.1) is 10.1 Å².